The highest BCUT2D eigenvalue weighted by Gasteiger charge is 2.10. The minimum absolute atomic E-state index is 0.202. The molecule has 4 nitrogen and oxygen atoms in total. The molecular formula is C16H15F2N3OS. The molecule has 0 saturated carbocycles. The molecule has 2 aromatic heterocycles. The van der Waals surface area contributed by atoms with Gasteiger partial charge in [0.1, 0.15) is 0 Å². The molecule has 0 atom stereocenters. The molecule has 0 unspecified atom stereocenters. The fraction of sp³-hybridized carbons (Fsp3) is 0.250. The highest BCUT2D eigenvalue weighted by Crippen LogP contribution is 2.26. The highest BCUT2D eigenvalue weighted by atomic mass is 32.2. The number of hydrogen-bond donors (Lipinski definition) is 1. The predicted molar refractivity (Wildman–Crippen MR) is 85.7 cm³/mol. The summed E-state index contributed by atoms with van der Waals surface area (Å²) in [7, 11) is 0. The molecule has 1 aromatic carbocycles. The third-order valence-corrected chi connectivity index (χ3v) is 4.43. The van der Waals surface area contributed by atoms with E-state index in [0.717, 1.165) is 36.4 Å². The first-order chi connectivity index (χ1) is 11.1. The van der Waals surface area contributed by atoms with Gasteiger partial charge < -0.3 is 0 Å². The van der Waals surface area contributed by atoms with Crippen LogP contribution in [0.5, 0.6) is 0 Å². The maximum atomic E-state index is 13.6. The number of halogens is 2. The second-order valence-corrected chi connectivity index (χ2v) is 6.17. The molecule has 23 heavy (non-hydrogen) atoms. The monoisotopic (exact) mass is 335 g/mol. The molecule has 7 heteroatoms. The Morgan fingerprint density at radius 2 is 2.13 bits per heavy atom. The van der Waals surface area contributed by atoms with Crippen molar-refractivity contribution in [1.29, 1.82) is 0 Å². The first-order valence-corrected chi connectivity index (χ1v) is 8.24. The number of aromatic amines is 1. The maximum absolute atomic E-state index is 13.6. The van der Waals surface area contributed by atoms with Crippen LogP contribution < -0.4 is 5.56 Å². The Hall–Kier alpha value is -2.15. The zero-order valence-electron chi connectivity index (χ0n) is 12.5. The van der Waals surface area contributed by atoms with E-state index >= 15 is 0 Å². The van der Waals surface area contributed by atoms with Crippen molar-refractivity contribution in [1.82, 2.24) is 14.6 Å². The zero-order valence-corrected chi connectivity index (χ0v) is 13.3. The van der Waals surface area contributed by atoms with Gasteiger partial charge in [-0.05, 0) is 18.6 Å². The summed E-state index contributed by atoms with van der Waals surface area (Å²) < 4.78 is 28.2. The Morgan fingerprint density at radius 3 is 2.91 bits per heavy atom. The summed E-state index contributed by atoms with van der Waals surface area (Å²) in [6.07, 6.45) is 1.80. The quantitative estimate of drug-likeness (QED) is 0.726. The van der Waals surface area contributed by atoms with Gasteiger partial charge in [0, 0.05) is 28.5 Å². The SMILES string of the molecule is CCCc1cc2nc(CSc3cccc(F)c3F)cc(=O)n2[nH]1. The lowest BCUT2D eigenvalue weighted by Gasteiger charge is -2.03. The van der Waals surface area contributed by atoms with Crippen LogP contribution in [-0.2, 0) is 12.2 Å². The molecule has 0 aliphatic heterocycles. The van der Waals surface area contributed by atoms with Gasteiger partial charge in [0.05, 0.1) is 5.69 Å². The predicted octanol–water partition coefficient (Wildman–Crippen LogP) is 3.55. The number of nitrogens with zero attached hydrogens (tertiary/aromatic N) is 2. The van der Waals surface area contributed by atoms with Gasteiger partial charge in [-0.25, -0.2) is 18.3 Å². The van der Waals surface area contributed by atoms with Gasteiger partial charge in [-0.15, -0.1) is 11.8 Å². The Bertz CT molecular complexity index is 904. The van der Waals surface area contributed by atoms with Crippen LogP contribution in [0.25, 0.3) is 5.65 Å². The molecule has 0 fully saturated rings. The molecule has 2 heterocycles. The first kappa shape index (κ1) is 15.7. The van der Waals surface area contributed by atoms with E-state index in [4.69, 9.17) is 0 Å². The highest BCUT2D eigenvalue weighted by molar-refractivity contribution is 7.98. The van der Waals surface area contributed by atoms with Crippen molar-refractivity contribution in [3.63, 3.8) is 0 Å². The van der Waals surface area contributed by atoms with Crippen molar-refractivity contribution in [2.75, 3.05) is 0 Å². The fourth-order valence-corrected chi connectivity index (χ4v) is 3.16. The summed E-state index contributed by atoms with van der Waals surface area (Å²) in [4.78, 5) is 16.7. The van der Waals surface area contributed by atoms with Crippen LogP contribution in [0, 0.1) is 11.6 Å². The molecule has 0 bridgehead atoms. The van der Waals surface area contributed by atoms with Crippen LogP contribution in [0.4, 0.5) is 8.78 Å². The summed E-state index contributed by atoms with van der Waals surface area (Å²) in [6.45, 7) is 2.05. The molecule has 3 aromatic rings. The van der Waals surface area contributed by atoms with Crippen molar-refractivity contribution >= 4 is 17.4 Å². The van der Waals surface area contributed by atoms with E-state index in [9.17, 15) is 13.6 Å². The average Bonchev–Trinajstić information content (AvgIpc) is 2.92. The van der Waals surface area contributed by atoms with Crippen molar-refractivity contribution in [3.8, 4) is 0 Å². The summed E-state index contributed by atoms with van der Waals surface area (Å²) in [5.74, 6) is -1.46. The topological polar surface area (TPSA) is 50.2 Å². The molecule has 3 rings (SSSR count). The molecule has 1 N–H and O–H groups in total. The van der Waals surface area contributed by atoms with E-state index in [2.05, 4.69) is 17.0 Å². The maximum Gasteiger partial charge on any atom is 0.272 e. The molecule has 120 valence electrons. The number of nitrogens with one attached hydrogen (secondary N) is 1. The number of aromatic nitrogens is 3. The van der Waals surface area contributed by atoms with Gasteiger partial charge >= 0.3 is 0 Å². The standard InChI is InChI=1S/C16H15F2N3OS/c1-2-4-10-7-14-19-11(8-15(22)21(14)20-10)9-23-13-6-3-5-12(17)16(13)18/h3,5-8,20H,2,4,9H2,1H3. The average molecular weight is 335 g/mol. The van der Waals surface area contributed by atoms with E-state index < -0.39 is 11.6 Å². The second kappa shape index (κ2) is 6.54. The number of H-pyrrole nitrogens is 1. The smallest absolute Gasteiger partial charge is 0.272 e. The van der Waals surface area contributed by atoms with Crippen molar-refractivity contribution in [2.45, 2.75) is 30.4 Å². The summed E-state index contributed by atoms with van der Waals surface area (Å²) >= 11 is 1.11. The number of hydrogen-bond acceptors (Lipinski definition) is 3. The number of rotatable bonds is 5. The van der Waals surface area contributed by atoms with E-state index in [-0.39, 0.29) is 10.5 Å². The van der Waals surface area contributed by atoms with Crippen molar-refractivity contribution in [3.05, 3.63) is 63.7 Å². The molecule has 0 aliphatic carbocycles. The van der Waals surface area contributed by atoms with Gasteiger partial charge in [0.15, 0.2) is 17.3 Å². The summed E-state index contributed by atoms with van der Waals surface area (Å²) in [6, 6.07) is 7.27. The normalized spacial score (nSPS) is 11.3. The van der Waals surface area contributed by atoms with Gasteiger partial charge in [-0.2, -0.15) is 0 Å². The van der Waals surface area contributed by atoms with E-state index in [1.807, 2.05) is 6.07 Å². The Kier molecular flexibility index (Phi) is 4.47. The van der Waals surface area contributed by atoms with Crippen LogP contribution >= 0.6 is 11.8 Å². The lowest BCUT2D eigenvalue weighted by Crippen LogP contribution is -2.15. The Balaban J connectivity index is 1.85. The number of fused-ring (bicyclic) bond motifs is 1. The molecular weight excluding hydrogens is 320 g/mol. The Morgan fingerprint density at radius 1 is 1.30 bits per heavy atom. The number of thioether (sulfide) groups is 1. The molecule has 0 saturated heterocycles. The third kappa shape index (κ3) is 3.29. The minimum atomic E-state index is -0.881. The van der Waals surface area contributed by atoms with Crippen LogP contribution in [0.2, 0.25) is 0 Å². The van der Waals surface area contributed by atoms with Crippen LogP contribution in [0.15, 0.2) is 40.0 Å². The van der Waals surface area contributed by atoms with Gasteiger partial charge in [-0.3, -0.25) is 9.89 Å². The zero-order chi connectivity index (χ0) is 16.4. The number of aryl methyl sites for hydroxylation is 1. The third-order valence-electron chi connectivity index (χ3n) is 3.37. The molecule has 0 amide bonds. The number of benzene rings is 1. The molecule has 0 radical (unpaired) electrons. The van der Waals surface area contributed by atoms with E-state index in [0.29, 0.717) is 17.1 Å². The summed E-state index contributed by atoms with van der Waals surface area (Å²) in [5.41, 5.74) is 1.80. The van der Waals surface area contributed by atoms with Crippen LogP contribution in [0.1, 0.15) is 24.7 Å². The van der Waals surface area contributed by atoms with Gasteiger partial charge in [-0.1, -0.05) is 19.4 Å². The molecule has 0 spiro atoms. The van der Waals surface area contributed by atoms with E-state index in [1.165, 1.54) is 22.7 Å². The van der Waals surface area contributed by atoms with Gasteiger partial charge in [0.2, 0.25) is 0 Å². The lowest BCUT2D eigenvalue weighted by atomic mass is 10.2. The van der Waals surface area contributed by atoms with Crippen LogP contribution in [0.3, 0.4) is 0 Å². The van der Waals surface area contributed by atoms with Crippen molar-refractivity contribution < 1.29 is 8.78 Å². The van der Waals surface area contributed by atoms with Crippen LogP contribution in [-0.4, -0.2) is 14.6 Å². The lowest BCUT2D eigenvalue weighted by molar-refractivity contribution is 0.491. The summed E-state index contributed by atoms with van der Waals surface area (Å²) in [5, 5.41) is 3.01. The molecule has 0 aliphatic rings. The first-order valence-electron chi connectivity index (χ1n) is 7.26. The fourth-order valence-electron chi connectivity index (χ4n) is 2.31. The minimum Gasteiger partial charge on any atom is -0.294 e. The van der Waals surface area contributed by atoms with Crippen molar-refractivity contribution in [2.24, 2.45) is 0 Å². The second-order valence-electron chi connectivity index (χ2n) is 5.15. The largest absolute Gasteiger partial charge is 0.294 e. The van der Waals surface area contributed by atoms with E-state index in [1.54, 1.807) is 0 Å². The Labute approximate surface area is 135 Å². The van der Waals surface area contributed by atoms with Gasteiger partial charge in [0.25, 0.3) is 5.56 Å².